The molecule has 1 aliphatic rings. The van der Waals surface area contributed by atoms with Crippen molar-refractivity contribution in [2.24, 2.45) is 12.8 Å². The van der Waals surface area contributed by atoms with Gasteiger partial charge in [0, 0.05) is 13.1 Å². The van der Waals surface area contributed by atoms with Crippen LogP contribution in [0.3, 0.4) is 0 Å². The highest BCUT2D eigenvalue weighted by molar-refractivity contribution is 9.10. The van der Waals surface area contributed by atoms with E-state index in [2.05, 4.69) is 21.0 Å². The van der Waals surface area contributed by atoms with Gasteiger partial charge in [0.05, 0.1) is 16.4 Å². The molecule has 0 radical (unpaired) electrons. The number of halogens is 1. The molecule has 84 valence electrons. The molecule has 0 unspecified atom stereocenters. The molecule has 2 rings (SSSR count). The fourth-order valence-electron chi connectivity index (χ4n) is 2.29. The lowest BCUT2D eigenvalue weighted by Crippen LogP contribution is -2.38. The molecule has 1 fully saturated rings. The summed E-state index contributed by atoms with van der Waals surface area (Å²) in [6.07, 6.45) is 4.89. The summed E-state index contributed by atoms with van der Waals surface area (Å²) in [6.45, 7) is 0. The Balaban J connectivity index is 2.30. The SMILES string of the molecule is Cn1ncc(Br)c1C1(O)CCC(N)CC1. The lowest BCUT2D eigenvalue weighted by atomic mass is 9.80. The maximum Gasteiger partial charge on any atom is 0.107 e. The van der Waals surface area contributed by atoms with Gasteiger partial charge in [-0.05, 0) is 41.6 Å². The van der Waals surface area contributed by atoms with Gasteiger partial charge in [0.15, 0.2) is 0 Å². The van der Waals surface area contributed by atoms with Gasteiger partial charge in [-0.2, -0.15) is 5.10 Å². The van der Waals surface area contributed by atoms with Crippen LogP contribution < -0.4 is 5.73 Å². The summed E-state index contributed by atoms with van der Waals surface area (Å²) in [6, 6.07) is 0.234. The number of hydrogen-bond donors (Lipinski definition) is 2. The smallest absolute Gasteiger partial charge is 0.107 e. The van der Waals surface area contributed by atoms with Crippen LogP contribution in [-0.4, -0.2) is 20.9 Å². The van der Waals surface area contributed by atoms with Crippen LogP contribution in [-0.2, 0) is 12.6 Å². The van der Waals surface area contributed by atoms with Crippen LogP contribution in [0.4, 0.5) is 0 Å². The summed E-state index contributed by atoms with van der Waals surface area (Å²) < 4.78 is 2.61. The summed E-state index contributed by atoms with van der Waals surface area (Å²) in [4.78, 5) is 0. The van der Waals surface area contributed by atoms with Crippen LogP contribution >= 0.6 is 15.9 Å². The lowest BCUT2D eigenvalue weighted by Gasteiger charge is -2.35. The van der Waals surface area contributed by atoms with Gasteiger partial charge < -0.3 is 10.8 Å². The molecular weight excluding hydrogens is 258 g/mol. The van der Waals surface area contributed by atoms with Crippen LogP contribution in [0.25, 0.3) is 0 Å². The molecule has 0 aliphatic heterocycles. The highest BCUT2D eigenvalue weighted by Crippen LogP contribution is 2.39. The molecule has 3 N–H and O–H groups in total. The predicted molar refractivity (Wildman–Crippen MR) is 61.2 cm³/mol. The first-order valence-corrected chi connectivity index (χ1v) is 5.98. The fourth-order valence-corrected chi connectivity index (χ4v) is 3.01. The number of rotatable bonds is 1. The molecule has 0 amide bonds. The quantitative estimate of drug-likeness (QED) is 0.810. The van der Waals surface area contributed by atoms with Crippen molar-refractivity contribution in [2.75, 3.05) is 0 Å². The van der Waals surface area contributed by atoms with Gasteiger partial charge in [0.25, 0.3) is 0 Å². The first kappa shape index (κ1) is 11.1. The highest BCUT2D eigenvalue weighted by Gasteiger charge is 2.37. The minimum absolute atomic E-state index is 0.234. The maximum atomic E-state index is 10.6. The van der Waals surface area contributed by atoms with Crippen LogP contribution in [0.15, 0.2) is 10.7 Å². The van der Waals surface area contributed by atoms with E-state index in [0.29, 0.717) is 12.8 Å². The Morgan fingerprint density at radius 3 is 2.67 bits per heavy atom. The minimum atomic E-state index is -0.764. The largest absolute Gasteiger partial charge is 0.384 e. The van der Waals surface area contributed by atoms with E-state index in [1.165, 1.54) is 0 Å². The van der Waals surface area contributed by atoms with E-state index >= 15 is 0 Å². The monoisotopic (exact) mass is 273 g/mol. The molecule has 4 nitrogen and oxygen atoms in total. The first-order chi connectivity index (χ1) is 7.03. The van der Waals surface area contributed by atoms with Crippen molar-refractivity contribution in [3.05, 3.63) is 16.4 Å². The molecule has 0 saturated heterocycles. The van der Waals surface area contributed by atoms with Crippen molar-refractivity contribution in [1.29, 1.82) is 0 Å². The molecule has 0 aromatic carbocycles. The standard InChI is InChI=1S/C10H16BrN3O/c1-14-9(8(11)6-13-14)10(15)4-2-7(12)3-5-10/h6-7,15H,2-5,12H2,1H3. The Hall–Kier alpha value is -0.390. The van der Waals surface area contributed by atoms with Crippen LogP contribution in [0, 0.1) is 0 Å². The average molecular weight is 274 g/mol. The zero-order valence-corrected chi connectivity index (χ0v) is 10.4. The lowest BCUT2D eigenvalue weighted by molar-refractivity contribution is -0.0127. The van der Waals surface area contributed by atoms with Gasteiger partial charge in [-0.25, -0.2) is 0 Å². The Morgan fingerprint density at radius 2 is 2.20 bits per heavy atom. The normalized spacial score (nSPS) is 31.9. The molecule has 1 heterocycles. The third-order valence-corrected chi connectivity index (χ3v) is 3.77. The van der Waals surface area contributed by atoms with Gasteiger partial charge in [-0.3, -0.25) is 4.68 Å². The van der Waals surface area contributed by atoms with E-state index in [1.807, 2.05) is 7.05 Å². The second kappa shape index (κ2) is 3.88. The summed E-state index contributed by atoms with van der Waals surface area (Å²) in [5, 5.41) is 14.7. The van der Waals surface area contributed by atoms with E-state index in [0.717, 1.165) is 23.0 Å². The first-order valence-electron chi connectivity index (χ1n) is 5.19. The van der Waals surface area contributed by atoms with E-state index in [9.17, 15) is 5.11 Å². The van der Waals surface area contributed by atoms with Crippen molar-refractivity contribution in [3.63, 3.8) is 0 Å². The Morgan fingerprint density at radius 1 is 1.60 bits per heavy atom. The van der Waals surface area contributed by atoms with E-state index in [1.54, 1.807) is 10.9 Å². The second-order valence-corrected chi connectivity index (χ2v) is 5.19. The number of aliphatic hydroxyl groups is 1. The van der Waals surface area contributed by atoms with Crippen molar-refractivity contribution in [3.8, 4) is 0 Å². The topological polar surface area (TPSA) is 64.1 Å². The molecule has 0 bridgehead atoms. The Bertz CT molecular complexity index is 336. The van der Waals surface area contributed by atoms with Gasteiger partial charge >= 0.3 is 0 Å². The number of aryl methyl sites for hydroxylation is 1. The zero-order chi connectivity index (χ0) is 11.1. The molecule has 0 atom stereocenters. The van der Waals surface area contributed by atoms with Crippen molar-refractivity contribution < 1.29 is 5.11 Å². The van der Waals surface area contributed by atoms with Gasteiger partial charge in [0.1, 0.15) is 5.60 Å². The average Bonchev–Trinajstić information content (AvgIpc) is 2.52. The summed E-state index contributed by atoms with van der Waals surface area (Å²) in [7, 11) is 1.85. The maximum absolute atomic E-state index is 10.6. The molecule has 5 heteroatoms. The second-order valence-electron chi connectivity index (χ2n) is 4.33. The van der Waals surface area contributed by atoms with E-state index in [4.69, 9.17) is 5.73 Å². The summed E-state index contributed by atoms with van der Waals surface area (Å²) in [5.74, 6) is 0. The molecule has 1 aliphatic carbocycles. The van der Waals surface area contributed by atoms with Crippen LogP contribution in [0.2, 0.25) is 0 Å². The van der Waals surface area contributed by atoms with Crippen molar-refractivity contribution in [1.82, 2.24) is 9.78 Å². The van der Waals surface area contributed by atoms with E-state index in [-0.39, 0.29) is 6.04 Å². The number of aromatic nitrogens is 2. The third-order valence-electron chi connectivity index (χ3n) is 3.19. The molecular formula is C10H16BrN3O. The third kappa shape index (κ3) is 1.96. The Kier molecular flexibility index (Phi) is 2.87. The molecule has 0 spiro atoms. The van der Waals surface area contributed by atoms with E-state index < -0.39 is 5.60 Å². The molecule has 1 aromatic rings. The zero-order valence-electron chi connectivity index (χ0n) is 8.78. The summed E-state index contributed by atoms with van der Waals surface area (Å²) >= 11 is 3.43. The number of nitrogens with two attached hydrogens (primary N) is 1. The molecule has 1 saturated carbocycles. The predicted octanol–water partition coefficient (Wildman–Crippen LogP) is 1.27. The van der Waals surface area contributed by atoms with Crippen LogP contribution in [0.1, 0.15) is 31.4 Å². The van der Waals surface area contributed by atoms with Crippen LogP contribution in [0.5, 0.6) is 0 Å². The molecule has 15 heavy (non-hydrogen) atoms. The van der Waals surface area contributed by atoms with Gasteiger partial charge in [0.2, 0.25) is 0 Å². The van der Waals surface area contributed by atoms with Gasteiger partial charge in [-0.15, -0.1) is 0 Å². The highest BCUT2D eigenvalue weighted by atomic mass is 79.9. The summed E-state index contributed by atoms with van der Waals surface area (Å²) in [5.41, 5.74) is 5.95. The molecule has 1 aromatic heterocycles. The minimum Gasteiger partial charge on any atom is -0.384 e. The Labute approximate surface area is 97.6 Å². The van der Waals surface area contributed by atoms with Gasteiger partial charge in [-0.1, -0.05) is 0 Å². The number of nitrogens with zero attached hydrogens (tertiary/aromatic N) is 2. The van der Waals surface area contributed by atoms with Crippen molar-refractivity contribution in [2.45, 2.75) is 37.3 Å². The fraction of sp³-hybridized carbons (Fsp3) is 0.700. The number of hydrogen-bond acceptors (Lipinski definition) is 3. The van der Waals surface area contributed by atoms with Crippen molar-refractivity contribution >= 4 is 15.9 Å².